The van der Waals surface area contributed by atoms with E-state index < -0.39 is 11.6 Å². The molecule has 8 heteroatoms. The van der Waals surface area contributed by atoms with E-state index in [0.717, 1.165) is 6.07 Å². The number of halogens is 3. The lowest BCUT2D eigenvalue weighted by atomic mass is 10.2. The minimum atomic E-state index is -1.07. The minimum Gasteiger partial charge on any atom is -0.383 e. The maximum atomic E-state index is 13.0. The number of nitrogens with zero attached hydrogens (tertiary/aromatic N) is 2. The lowest BCUT2D eigenvalue weighted by molar-refractivity contribution is 0.509. The average Bonchev–Trinajstić information content (AvgIpc) is 2.72. The van der Waals surface area contributed by atoms with E-state index in [1.54, 1.807) is 5.38 Å². The first kappa shape index (κ1) is 12.7. The van der Waals surface area contributed by atoms with Gasteiger partial charge in [0.2, 0.25) is 5.13 Å². The Labute approximate surface area is 110 Å². The predicted octanol–water partition coefficient (Wildman–Crippen LogP) is 3.10. The van der Waals surface area contributed by atoms with Gasteiger partial charge in [-0.2, -0.15) is 5.10 Å². The zero-order valence-electron chi connectivity index (χ0n) is 8.82. The summed E-state index contributed by atoms with van der Waals surface area (Å²) in [4.78, 5) is 3.90. The molecule has 3 N–H and O–H groups in total. The van der Waals surface area contributed by atoms with Gasteiger partial charge in [0.05, 0.1) is 11.2 Å². The summed E-state index contributed by atoms with van der Waals surface area (Å²) in [7, 11) is 0. The van der Waals surface area contributed by atoms with Crippen LogP contribution in [0.15, 0.2) is 22.6 Å². The van der Waals surface area contributed by atoms with Crippen molar-refractivity contribution in [3.8, 4) is 0 Å². The number of rotatable bonds is 3. The van der Waals surface area contributed by atoms with Crippen LogP contribution >= 0.6 is 22.9 Å². The number of nitrogens with two attached hydrogens (primary N) is 1. The van der Waals surface area contributed by atoms with Gasteiger partial charge in [0, 0.05) is 5.38 Å². The third-order valence-corrected chi connectivity index (χ3v) is 2.94. The van der Waals surface area contributed by atoms with Gasteiger partial charge in [-0.25, -0.2) is 13.8 Å². The first-order chi connectivity index (χ1) is 8.56. The van der Waals surface area contributed by atoms with E-state index in [4.69, 9.17) is 17.3 Å². The number of aromatic nitrogens is 1. The number of anilines is 2. The number of nitrogen functional groups attached to an aromatic ring is 1. The van der Waals surface area contributed by atoms with E-state index in [9.17, 15) is 8.78 Å². The standard InChI is InChI=1S/C10H7ClF2N4S/c11-6-1-5(2-7(12)9(6)13)3-15-17-10-16-8(14)4-18-10/h1-4H,14H2,(H,16,17). The molecule has 1 aromatic heterocycles. The topological polar surface area (TPSA) is 63.3 Å². The summed E-state index contributed by atoms with van der Waals surface area (Å²) in [6.07, 6.45) is 1.30. The highest BCUT2D eigenvalue weighted by Gasteiger charge is 2.07. The summed E-state index contributed by atoms with van der Waals surface area (Å²) < 4.78 is 25.9. The van der Waals surface area contributed by atoms with E-state index in [1.165, 1.54) is 23.6 Å². The Morgan fingerprint density at radius 3 is 2.83 bits per heavy atom. The molecular weight excluding hydrogens is 282 g/mol. The van der Waals surface area contributed by atoms with Gasteiger partial charge in [-0.1, -0.05) is 11.6 Å². The van der Waals surface area contributed by atoms with Gasteiger partial charge >= 0.3 is 0 Å². The highest BCUT2D eigenvalue weighted by atomic mass is 35.5. The second kappa shape index (κ2) is 5.28. The SMILES string of the molecule is Nc1csc(NN=Cc2cc(F)c(F)c(Cl)c2)n1. The molecule has 0 fully saturated rings. The zero-order valence-corrected chi connectivity index (χ0v) is 10.4. The molecule has 0 radical (unpaired) electrons. The van der Waals surface area contributed by atoms with Crippen LogP contribution in [0.2, 0.25) is 5.02 Å². The van der Waals surface area contributed by atoms with Crippen molar-refractivity contribution in [1.29, 1.82) is 0 Å². The predicted molar refractivity (Wildman–Crippen MR) is 69.1 cm³/mol. The Hall–Kier alpha value is -1.73. The van der Waals surface area contributed by atoms with Crippen LogP contribution < -0.4 is 11.2 Å². The minimum absolute atomic E-state index is 0.296. The third-order valence-electron chi connectivity index (χ3n) is 1.90. The van der Waals surface area contributed by atoms with Crippen LogP contribution in [0.3, 0.4) is 0 Å². The van der Waals surface area contributed by atoms with Crippen molar-refractivity contribution in [2.75, 3.05) is 11.2 Å². The molecule has 1 heterocycles. The van der Waals surface area contributed by atoms with E-state index in [0.29, 0.717) is 16.5 Å². The number of thiazole rings is 1. The van der Waals surface area contributed by atoms with Crippen LogP contribution in [0.25, 0.3) is 0 Å². The first-order valence-corrected chi connectivity index (χ1v) is 5.96. The maximum Gasteiger partial charge on any atom is 0.205 e. The van der Waals surface area contributed by atoms with E-state index in [-0.39, 0.29) is 5.02 Å². The maximum absolute atomic E-state index is 13.0. The third kappa shape index (κ3) is 2.93. The molecule has 0 amide bonds. The highest BCUT2D eigenvalue weighted by Crippen LogP contribution is 2.19. The number of nitrogens with one attached hydrogen (secondary N) is 1. The number of hydrogen-bond donors (Lipinski definition) is 2. The summed E-state index contributed by atoms with van der Waals surface area (Å²) in [6.45, 7) is 0. The van der Waals surface area contributed by atoms with Crippen LogP contribution in [0.5, 0.6) is 0 Å². The molecule has 0 aliphatic carbocycles. The molecule has 18 heavy (non-hydrogen) atoms. The van der Waals surface area contributed by atoms with Gasteiger partial charge in [0.25, 0.3) is 0 Å². The van der Waals surface area contributed by atoms with Crippen LogP contribution in [-0.4, -0.2) is 11.2 Å². The molecule has 0 aliphatic rings. The molecule has 4 nitrogen and oxygen atoms in total. The lowest BCUT2D eigenvalue weighted by Gasteiger charge is -1.98. The second-order valence-electron chi connectivity index (χ2n) is 3.25. The van der Waals surface area contributed by atoms with Crippen molar-refractivity contribution in [2.24, 2.45) is 5.10 Å². The molecule has 2 rings (SSSR count). The molecule has 1 aromatic carbocycles. The summed E-state index contributed by atoms with van der Waals surface area (Å²) >= 11 is 6.77. The number of benzene rings is 1. The monoisotopic (exact) mass is 288 g/mol. The number of hydrogen-bond acceptors (Lipinski definition) is 5. The van der Waals surface area contributed by atoms with Gasteiger partial charge < -0.3 is 5.73 Å². The molecular formula is C10H7ClF2N4S. The molecule has 0 bridgehead atoms. The van der Waals surface area contributed by atoms with Gasteiger partial charge in [-0.3, -0.25) is 5.43 Å². The highest BCUT2D eigenvalue weighted by molar-refractivity contribution is 7.14. The quantitative estimate of drug-likeness (QED) is 0.518. The summed E-state index contributed by atoms with van der Waals surface area (Å²) in [6, 6.07) is 2.25. The average molecular weight is 289 g/mol. The van der Waals surface area contributed by atoms with Crippen LogP contribution in [0, 0.1) is 11.6 Å². The first-order valence-electron chi connectivity index (χ1n) is 4.71. The Balaban J connectivity index is 2.09. The fourth-order valence-corrected chi connectivity index (χ4v) is 1.91. The lowest BCUT2D eigenvalue weighted by Crippen LogP contribution is -1.93. The Kier molecular flexibility index (Phi) is 3.73. The van der Waals surface area contributed by atoms with Gasteiger partial charge in [-0.05, 0) is 17.7 Å². The van der Waals surface area contributed by atoms with Crippen LogP contribution in [-0.2, 0) is 0 Å². The summed E-state index contributed by atoms with van der Waals surface area (Å²) in [5.74, 6) is -1.72. The van der Waals surface area contributed by atoms with Gasteiger partial charge in [0.1, 0.15) is 5.82 Å². The van der Waals surface area contributed by atoms with Crippen molar-refractivity contribution in [2.45, 2.75) is 0 Å². The molecule has 0 aliphatic heterocycles. The second-order valence-corrected chi connectivity index (χ2v) is 4.51. The van der Waals surface area contributed by atoms with Gasteiger partial charge in [-0.15, -0.1) is 11.3 Å². The van der Waals surface area contributed by atoms with Crippen molar-refractivity contribution in [3.63, 3.8) is 0 Å². The van der Waals surface area contributed by atoms with Crippen LogP contribution in [0.1, 0.15) is 5.56 Å². The Bertz CT molecular complexity index is 576. The molecule has 0 atom stereocenters. The molecule has 0 saturated heterocycles. The Morgan fingerprint density at radius 2 is 2.22 bits per heavy atom. The summed E-state index contributed by atoms with van der Waals surface area (Å²) in [5.41, 5.74) is 8.35. The largest absolute Gasteiger partial charge is 0.383 e. The van der Waals surface area contributed by atoms with Crippen LogP contribution in [0.4, 0.5) is 19.7 Å². The fraction of sp³-hybridized carbons (Fsp3) is 0. The Morgan fingerprint density at radius 1 is 1.44 bits per heavy atom. The molecule has 0 saturated carbocycles. The van der Waals surface area contributed by atoms with Crippen molar-refractivity contribution >= 4 is 40.1 Å². The van der Waals surface area contributed by atoms with Gasteiger partial charge in [0.15, 0.2) is 11.6 Å². The molecule has 0 unspecified atom stereocenters. The van der Waals surface area contributed by atoms with E-state index in [1.807, 2.05) is 0 Å². The number of hydrazone groups is 1. The zero-order chi connectivity index (χ0) is 13.1. The molecule has 0 spiro atoms. The van der Waals surface area contributed by atoms with E-state index >= 15 is 0 Å². The summed E-state index contributed by atoms with van der Waals surface area (Å²) in [5, 5.41) is 5.65. The fourth-order valence-electron chi connectivity index (χ4n) is 1.15. The normalized spacial score (nSPS) is 11.1. The smallest absolute Gasteiger partial charge is 0.205 e. The van der Waals surface area contributed by atoms with E-state index in [2.05, 4.69) is 15.5 Å². The molecule has 94 valence electrons. The van der Waals surface area contributed by atoms with Crippen molar-refractivity contribution < 1.29 is 8.78 Å². The van der Waals surface area contributed by atoms with Crippen molar-refractivity contribution in [1.82, 2.24) is 4.98 Å². The molecule has 2 aromatic rings. The van der Waals surface area contributed by atoms with Crippen molar-refractivity contribution in [3.05, 3.63) is 39.7 Å².